The predicted molar refractivity (Wildman–Crippen MR) is 73.6 cm³/mol. The van der Waals surface area contributed by atoms with Crippen molar-refractivity contribution in [3.05, 3.63) is 24.0 Å². The average molecular weight is 277 g/mol. The van der Waals surface area contributed by atoms with E-state index in [1.54, 1.807) is 12.1 Å². The maximum absolute atomic E-state index is 14.0. The van der Waals surface area contributed by atoms with Crippen LogP contribution in [0.25, 0.3) is 10.9 Å². The van der Waals surface area contributed by atoms with Gasteiger partial charge in [-0.2, -0.15) is 4.98 Å². The van der Waals surface area contributed by atoms with Crippen LogP contribution in [-0.2, 0) is 5.67 Å². The highest BCUT2D eigenvalue weighted by molar-refractivity contribution is 5.86. The second-order valence-corrected chi connectivity index (χ2v) is 5.18. The maximum Gasteiger partial charge on any atom is 0.222 e. The first-order chi connectivity index (χ1) is 9.53. The zero-order chi connectivity index (χ0) is 14.3. The number of hydrogen-bond donors (Lipinski definition) is 2. The van der Waals surface area contributed by atoms with Crippen LogP contribution in [0.5, 0.6) is 5.88 Å². The van der Waals surface area contributed by atoms with Crippen LogP contribution in [-0.4, -0.2) is 40.4 Å². The van der Waals surface area contributed by atoms with Gasteiger partial charge in [0.2, 0.25) is 5.88 Å². The summed E-state index contributed by atoms with van der Waals surface area (Å²) >= 11 is 0. The third-order valence-electron chi connectivity index (χ3n) is 3.63. The number of fused-ring (bicyclic) bond motifs is 1. The van der Waals surface area contributed by atoms with Crippen LogP contribution in [0.15, 0.2) is 18.2 Å². The van der Waals surface area contributed by atoms with Crippen molar-refractivity contribution in [2.45, 2.75) is 18.5 Å². The van der Waals surface area contributed by atoms with Gasteiger partial charge >= 0.3 is 0 Å². The van der Waals surface area contributed by atoms with Crippen molar-refractivity contribution < 1.29 is 14.6 Å². The van der Waals surface area contributed by atoms with E-state index < -0.39 is 5.67 Å². The zero-order valence-electron chi connectivity index (χ0n) is 11.2. The first kappa shape index (κ1) is 13.1. The number of likely N-dealkylation sites (N-methyl/N-ethyl adjacent to an activating group) is 1. The normalized spacial score (nSPS) is 16.4. The molecule has 20 heavy (non-hydrogen) atoms. The number of aliphatic hydroxyl groups is 1. The number of benzene rings is 1. The second-order valence-electron chi connectivity index (χ2n) is 5.18. The van der Waals surface area contributed by atoms with Gasteiger partial charge in [-0.15, -0.1) is 0 Å². The second kappa shape index (κ2) is 4.56. The fourth-order valence-corrected chi connectivity index (χ4v) is 2.15. The topological polar surface area (TPSA) is 69.5 Å². The minimum absolute atomic E-state index is 0.0420. The number of halogens is 1. The predicted octanol–water partition coefficient (Wildman–Crippen LogP) is 1.72. The molecule has 1 aromatic carbocycles. The van der Waals surface area contributed by atoms with Gasteiger partial charge in [0.05, 0.1) is 17.5 Å². The first-order valence-corrected chi connectivity index (χ1v) is 6.56. The fraction of sp³-hybridized carbons (Fsp3) is 0.429. The highest BCUT2D eigenvalue weighted by Gasteiger charge is 2.48. The Morgan fingerprint density at radius 3 is 2.75 bits per heavy atom. The molecular formula is C14H16FN3O2. The summed E-state index contributed by atoms with van der Waals surface area (Å²) < 4.78 is 14.0. The van der Waals surface area contributed by atoms with E-state index in [0.717, 1.165) is 5.69 Å². The van der Waals surface area contributed by atoms with Crippen molar-refractivity contribution in [1.29, 1.82) is 0 Å². The lowest BCUT2D eigenvalue weighted by atomic mass is 10.2. The van der Waals surface area contributed by atoms with Crippen LogP contribution in [0.4, 0.5) is 10.1 Å². The Hall–Kier alpha value is -1.95. The largest absolute Gasteiger partial charge is 0.493 e. The number of hydrogen-bond acceptors (Lipinski definition) is 5. The molecule has 1 heterocycles. The van der Waals surface area contributed by atoms with Crippen molar-refractivity contribution in [2.75, 3.05) is 25.1 Å². The molecule has 0 amide bonds. The molecule has 0 radical (unpaired) electrons. The van der Waals surface area contributed by atoms with Gasteiger partial charge in [0, 0.05) is 19.3 Å². The number of aliphatic hydroxyl groups excluding tert-OH is 1. The molecule has 1 aliphatic rings. The maximum atomic E-state index is 14.0. The van der Waals surface area contributed by atoms with Gasteiger partial charge in [-0.3, -0.25) is 0 Å². The van der Waals surface area contributed by atoms with Crippen LogP contribution >= 0.6 is 0 Å². The van der Waals surface area contributed by atoms with Gasteiger partial charge < -0.3 is 15.1 Å². The van der Waals surface area contributed by atoms with Gasteiger partial charge in [-0.25, -0.2) is 9.37 Å². The van der Waals surface area contributed by atoms with E-state index >= 15 is 0 Å². The lowest BCUT2D eigenvalue weighted by Crippen LogP contribution is -2.20. The molecule has 0 spiro atoms. The molecule has 1 saturated carbocycles. The number of nitrogens with zero attached hydrogens (tertiary/aromatic N) is 3. The number of alkyl halides is 1. The molecule has 1 aromatic heterocycles. The molecule has 6 heteroatoms. The van der Waals surface area contributed by atoms with E-state index in [1.165, 1.54) is 0 Å². The molecule has 0 saturated heterocycles. The Morgan fingerprint density at radius 1 is 1.35 bits per heavy atom. The quantitative estimate of drug-likeness (QED) is 0.890. The molecule has 0 unspecified atom stereocenters. The smallest absolute Gasteiger partial charge is 0.222 e. The molecule has 5 nitrogen and oxygen atoms in total. The molecule has 106 valence electrons. The lowest BCUT2D eigenvalue weighted by molar-refractivity contribution is 0.297. The van der Waals surface area contributed by atoms with Crippen molar-refractivity contribution in [3.63, 3.8) is 0 Å². The van der Waals surface area contributed by atoms with Crippen molar-refractivity contribution in [3.8, 4) is 5.88 Å². The van der Waals surface area contributed by atoms with Gasteiger partial charge in [0.1, 0.15) is 0 Å². The van der Waals surface area contributed by atoms with Crippen LogP contribution in [0.3, 0.4) is 0 Å². The number of aromatic hydroxyl groups is 1. The minimum Gasteiger partial charge on any atom is -0.493 e. The molecule has 0 bridgehead atoms. The lowest BCUT2D eigenvalue weighted by Gasteiger charge is -2.18. The average Bonchev–Trinajstić information content (AvgIpc) is 3.18. The van der Waals surface area contributed by atoms with E-state index in [-0.39, 0.29) is 18.3 Å². The Bertz CT molecular complexity index is 658. The SMILES string of the molecule is CN(CCO)c1ccc2nc(C3(F)CC3)nc(O)c2c1. The van der Waals surface area contributed by atoms with E-state index in [9.17, 15) is 9.50 Å². The molecule has 2 aromatic rings. The van der Waals surface area contributed by atoms with Crippen LogP contribution in [0.2, 0.25) is 0 Å². The van der Waals surface area contributed by atoms with Crippen LogP contribution in [0.1, 0.15) is 18.7 Å². The number of rotatable bonds is 4. The summed E-state index contributed by atoms with van der Waals surface area (Å²) in [5.41, 5.74) is -0.102. The third-order valence-corrected chi connectivity index (χ3v) is 3.63. The Kier molecular flexibility index (Phi) is 2.97. The summed E-state index contributed by atoms with van der Waals surface area (Å²) in [6.07, 6.45) is 0.824. The summed E-state index contributed by atoms with van der Waals surface area (Å²) in [5, 5.41) is 19.4. The molecule has 2 N–H and O–H groups in total. The number of anilines is 1. The molecular weight excluding hydrogens is 261 g/mol. The number of aromatic nitrogens is 2. The molecule has 1 aliphatic carbocycles. The Labute approximate surface area is 115 Å². The van der Waals surface area contributed by atoms with E-state index in [2.05, 4.69) is 9.97 Å². The molecule has 0 atom stereocenters. The standard InChI is InChI=1S/C14H16FN3O2/c1-18(6-7-19)9-2-3-11-10(8-9)12(20)17-13(16-11)14(15)4-5-14/h2-3,8,19H,4-7H2,1H3,(H,16,17,20). The Morgan fingerprint density at radius 2 is 2.10 bits per heavy atom. The third kappa shape index (κ3) is 2.16. The van der Waals surface area contributed by atoms with E-state index in [1.807, 2.05) is 18.0 Å². The zero-order valence-corrected chi connectivity index (χ0v) is 11.2. The van der Waals surface area contributed by atoms with E-state index in [4.69, 9.17) is 5.11 Å². The van der Waals surface area contributed by atoms with Gasteiger partial charge in [0.15, 0.2) is 11.5 Å². The summed E-state index contributed by atoms with van der Waals surface area (Å²) in [6, 6.07) is 5.29. The van der Waals surface area contributed by atoms with Crippen molar-refractivity contribution in [1.82, 2.24) is 9.97 Å². The summed E-state index contributed by atoms with van der Waals surface area (Å²) in [6.45, 7) is 0.527. The Balaban J connectivity index is 2.05. The summed E-state index contributed by atoms with van der Waals surface area (Å²) in [5.74, 6) is -0.132. The summed E-state index contributed by atoms with van der Waals surface area (Å²) in [4.78, 5) is 9.94. The van der Waals surface area contributed by atoms with Crippen LogP contribution < -0.4 is 4.90 Å². The molecule has 1 fully saturated rings. The van der Waals surface area contributed by atoms with E-state index in [0.29, 0.717) is 30.3 Å². The van der Waals surface area contributed by atoms with Gasteiger partial charge in [0.25, 0.3) is 0 Å². The highest BCUT2D eigenvalue weighted by atomic mass is 19.1. The monoisotopic (exact) mass is 277 g/mol. The fourth-order valence-electron chi connectivity index (χ4n) is 2.15. The van der Waals surface area contributed by atoms with Gasteiger partial charge in [-0.1, -0.05) is 0 Å². The van der Waals surface area contributed by atoms with Gasteiger partial charge in [-0.05, 0) is 31.0 Å². The minimum atomic E-state index is -1.46. The molecule has 0 aliphatic heterocycles. The first-order valence-electron chi connectivity index (χ1n) is 6.56. The van der Waals surface area contributed by atoms with Crippen LogP contribution in [0, 0.1) is 0 Å². The summed E-state index contributed by atoms with van der Waals surface area (Å²) in [7, 11) is 1.84. The highest BCUT2D eigenvalue weighted by Crippen LogP contribution is 2.48. The van der Waals surface area contributed by atoms with Crippen molar-refractivity contribution >= 4 is 16.6 Å². The molecule has 3 rings (SSSR count). The van der Waals surface area contributed by atoms with Crippen molar-refractivity contribution in [2.24, 2.45) is 0 Å².